The third kappa shape index (κ3) is 5.61. The number of aromatic nitrogens is 2. The minimum atomic E-state index is -0.164. The summed E-state index contributed by atoms with van der Waals surface area (Å²) in [5.74, 6) is 0.606. The molecule has 3 aromatic rings. The van der Waals surface area contributed by atoms with E-state index in [1.165, 1.54) is 11.1 Å². The molecule has 7 heteroatoms. The van der Waals surface area contributed by atoms with Crippen LogP contribution in [0.1, 0.15) is 22.4 Å². The molecule has 0 saturated heterocycles. The predicted octanol–water partition coefficient (Wildman–Crippen LogP) is 3.95. The zero-order valence-electron chi connectivity index (χ0n) is 15.6. The SMILES string of the molecule is Cc1ccc(CSc2ncc(CO)n2CC(=O)NCc2ccc(Cl)cc2)cc1. The van der Waals surface area contributed by atoms with Crippen LogP contribution in [-0.2, 0) is 30.2 Å². The topological polar surface area (TPSA) is 67.2 Å². The van der Waals surface area contributed by atoms with Crippen molar-refractivity contribution < 1.29 is 9.90 Å². The number of aliphatic hydroxyl groups excluding tert-OH is 1. The van der Waals surface area contributed by atoms with E-state index in [0.717, 1.165) is 11.3 Å². The number of benzene rings is 2. The van der Waals surface area contributed by atoms with E-state index >= 15 is 0 Å². The second kappa shape index (κ2) is 9.78. The van der Waals surface area contributed by atoms with E-state index < -0.39 is 0 Å². The van der Waals surface area contributed by atoms with Crippen molar-refractivity contribution in [3.63, 3.8) is 0 Å². The molecule has 5 nitrogen and oxygen atoms in total. The maximum Gasteiger partial charge on any atom is 0.240 e. The normalized spacial score (nSPS) is 10.8. The van der Waals surface area contributed by atoms with Crippen molar-refractivity contribution >= 4 is 29.3 Å². The standard InChI is InChI=1S/C21H22ClN3O2S/c1-15-2-4-17(5-3-15)14-28-21-24-11-19(13-26)25(21)12-20(27)23-10-16-6-8-18(22)9-7-16/h2-9,11,26H,10,12-14H2,1H3,(H,23,27). The number of thioether (sulfide) groups is 1. The molecule has 0 radical (unpaired) electrons. The number of carbonyl (C=O) groups is 1. The number of hydrogen-bond donors (Lipinski definition) is 2. The highest BCUT2D eigenvalue weighted by molar-refractivity contribution is 7.98. The summed E-state index contributed by atoms with van der Waals surface area (Å²) in [6.45, 7) is 2.42. The smallest absolute Gasteiger partial charge is 0.240 e. The van der Waals surface area contributed by atoms with Crippen LogP contribution >= 0.6 is 23.4 Å². The Kier molecular flexibility index (Phi) is 7.14. The van der Waals surface area contributed by atoms with E-state index in [1.807, 2.05) is 12.1 Å². The Hall–Kier alpha value is -2.28. The molecule has 2 aromatic carbocycles. The van der Waals surface area contributed by atoms with Crippen LogP contribution in [0.5, 0.6) is 0 Å². The number of nitrogens with zero attached hydrogens (tertiary/aromatic N) is 2. The van der Waals surface area contributed by atoms with E-state index in [2.05, 4.69) is 41.5 Å². The van der Waals surface area contributed by atoms with Crippen LogP contribution in [0.25, 0.3) is 0 Å². The van der Waals surface area contributed by atoms with E-state index in [1.54, 1.807) is 34.7 Å². The average molecular weight is 416 g/mol. The van der Waals surface area contributed by atoms with Crippen molar-refractivity contribution in [2.75, 3.05) is 0 Å². The van der Waals surface area contributed by atoms with Crippen LogP contribution in [0.3, 0.4) is 0 Å². The van der Waals surface area contributed by atoms with Crippen molar-refractivity contribution in [3.8, 4) is 0 Å². The first-order valence-corrected chi connectivity index (χ1v) is 10.3. The monoisotopic (exact) mass is 415 g/mol. The molecule has 0 bridgehead atoms. The second-order valence-electron chi connectivity index (χ2n) is 6.45. The Balaban J connectivity index is 1.61. The van der Waals surface area contributed by atoms with Gasteiger partial charge < -0.3 is 15.0 Å². The van der Waals surface area contributed by atoms with Crippen molar-refractivity contribution in [2.24, 2.45) is 0 Å². The molecule has 28 heavy (non-hydrogen) atoms. The Morgan fingerprint density at radius 3 is 2.50 bits per heavy atom. The summed E-state index contributed by atoms with van der Waals surface area (Å²) in [6.07, 6.45) is 1.62. The van der Waals surface area contributed by atoms with Crippen LogP contribution in [0, 0.1) is 6.92 Å². The fourth-order valence-corrected chi connectivity index (χ4v) is 3.72. The third-order valence-electron chi connectivity index (χ3n) is 4.26. The summed E-state index contributed by atoms with van der Waals surface area (Å²) in [6, 6.07) is 15.7. The fraction of sp³-hybridized carbons (Fsp3) is 0.238. The quantitative estimate of drug-likeness (QED) is 0.547. The van der Waals surface area contributed by atoms with Gasteiger partial charge in [0.05, 0.1) is 18.5 Å². The molecule has 1 aromatic heterocycles. The zero-order valence-corrected chi connectivity index (χ0v) is 17.1. The Bertz CT molecular complexity index is 924. The summed E-state index contributed by atoms with van der Waals surface area (Å²) >= 11 is 7.42. The highest BCUT2D eigenvalue weighted by Gasteiger charge is 2.13. The third-order valence-corrected chi connectivity index (χ3v) is 5.57. The molecular weight excluding hydrogens is 394 g/mol. The number of amides is 1. The highest BCUT2D eigenvalue weighted by atomic mass is 35.5. The van der Waals surface area contributed by atoms with Gasteiger partial charge in [-0.25, -0.2) is 4.98 Å². The minimum Gasteiger partial charge on any atom is -0.390 e. The zero-order chi connectivity index (χ0) is 19.9. The first-order chi connectivity index (χ1) is 13.5. The van der Waals surface area contributed by atoms with Gasteiger partial charge in [0.25, 0.3) is 0 Å². The summed E-state index contributed by atoms with van der Waals surface area (Å²) in [5.41, 5.74) is 3.99. The molecule has 0 spiro atoms. The molecule has 1 heterocycles. The van der Waals surface area contributed by atoms with Gasteiger partial charge in [-0.15, -0.1) is 0 Å². The summed E-state index contributed by atoms with van der Waals surface area (Å²) in [5, 5.41) is 13.9. The number of hydrogen-bond acceptors (Lipinski definition) is 4. The second-order valence-corrected chi connectivity index (χ2v) is 7.83. The first kappa shape index (κ1) is 20.5. The number of halogens is 1. The Morgan fingerprint density at radius 2 is 1.82 bits per heavy atom. The molecule has 0 atom stereocenters. The van der Waals surface area contributed by atoms with Gasteiger partial charge in [-0.1, -0.05) is 65.3 Å². The van der Waals surface area contributed by atoms with Gasteiger partial charge in [-0.3, -0.25) is 4.79 Å². The largest absolute Gasteiger partial charge is 0.390 e. The maximum atomic E-state index is 12.4. The van der Waals surface area contributed by atoms with Gasteiger partial charge in [-0.2, -0.15) is 0 Å². The van der Waals surface area contributed by atoms with E-state index in [-0.39, 0.29) is 19.1 Å². The van der Waals surface area contributed by atoms with Gasteiger partial charge in [0.15, 0.2) is 5.16 Å². The molecule has 0 aliphatic heterocycles. The lowest BCUT2D eigenvalue weighted by atomic mass is 10.2. The highest BCUT2D eigenvalue weighted by Crippen LogP contribution is 2.23. The van der Waals surface area contributed by atoms with Crippen molar-refractivity contribution in [1.82, 2.24) is 14.9 Å². The van der Waals surface area contributed by atoms with Gasteiger partial charge in [0.1, 0.15) is 6.54 Å². The minimum absolute atomic E-state index is 0.111. The van der Waals surface area contributed by atoms with Gasteiger partial charge in [-0.05, 0) is 30.2 Å². The molecule has 0 fully saturated rings. The number of aryl methyl sites for hydroxylation is 1. The van der Waals surface area contributed by atoms with Crippen LogP contribution in [0.4, 0.5) is 0 Å². The van der Waals surface area contributed by atoms with Gasteiger partial charge in [0.2, 0.25) is 5.91 Å². The average Bonchev–Trinajstić information content (AvgIpc) is 3.08. The fourth-order valence-electron chi connectivity index (χ4n) is 2.64. The lowest BCUT2D eigenvalue weighted by Gasteiger charge is -2.11. The molecule has 1 amide bonds. The Labute approximate surface area is 173 Å². The van der Waals surface area contributed by atoms with Gasteiger partial charge >= 0.3 is 0 Å². The van der Waals surface area contributed by atoms with E-state index in [4.69, 9.17) is 11.6 Å². The first-order valence-electron chi connectivity index (χ1n) is 8.90. The summed E-state index contributed by atoms with van der Waals surface area (Å²) in [4.78, 5) is 16.8. The van der Waals surface area contributed by atoms with Crippen LogP contribution in [0.15, 0.2) is 59.9 Å². The molecule has 0 aliphatic rings. The number of imidazole rings is 1. The van der Waals surface area contributed by atoms with Gasteiger partial charge in [0, 0.05) is 17.3 Å². The number of carbonyl (C=O) groups excluding carboxylic acids is 1. The lowest BCUT2D eigenvalue weighted by molar-refractivity contribution is -0.122. The molecule has 0 saturated carbocycles. The predicted molar refractivity (Wildman–Crippen MR) is 112 cm³/mol. The molecule has 146 valence electrons. The number of aliphatic hydroxyl groups is 1. The van der Waals surface area contributed by atoms with E-state index in [9.17, 15) is 9.90 Å². The Morgan fingerprint density at radius 1 is 1.14 bits per heavy atom. The lowest BCUT2D eigenvalue weighted by Crippen LogP contribution is -2.28. The molecule has 0 unspecified atom stereocenters. The van der Waals surface area contributed by atoms with E-state index in [0.29, 0.717) is 22.4 Å². The van der Waals surface area contributed by atoms with Crippen molar-refractivity contribution in [2.45, 2.75) is 37.5 Å². The van der Waals surface area contributed by atoms with Crippen molar-refractivity contribution in [1.29, 1.82) is 0 Å². The molecular formula is C21H22ClN3O2S. The van der Waals surface area contributed by atoms with Crippen LogP contribution in [0.2, 0.25) is 5.02 Å². The summed E-state index contributed by atoms with van der Waals surface area (Å²) in [7, 11) is 0. The van der Waals surface area contributed by atoms with Crippen LogP contribution < -0.4 is 5.32 Å². The molecule has 0 aliphatic carbocycles. The summed E-state index contributed by atoms with van der Waals surface area (Å²) < 4.78 is 1.76. The maximum absolute atomic E-state index is 12.4. The molecule has 3 rings (SSSR count). The number of nitrogens with one attached hydrogen (secondary N) is 1. The number of rotatable bonds is 8. The van der Waals surface area contributed by atoms with Crippen molar-refractivity contribution in [3.05, 3.63) is 82.1 Å². The molecule has 2 N–H and O–H groups in total. The van der Waals surface area contributed by atoms with Crippen LogP contribution in [-0.4, -0.2) is 20.6 Å².